The fourth-order valence-electron chi connectivity index (χ4n) is 3.63. The normalized spacial score (nSPS) is 33.8. The van der Waals surface area contributed by atoms with Crippen LogP contribution in [0.5, 0.6) is 0 Å². The van der Waals surface area contributed by atoms with Crippen LogP contribution in [0.25, 0.3) is 0 Å². The second kappa shape index (κ2) is 6.29. The summed E-state index contributed by atoms with van der Waals surface area (Å²) in [5.41, 5.74) is 0.955. The van der Waals surface area contributed by atoms with E-state index in [0.29, 0.717) is 0 Å². The van der Waals surface area contributed by atoms with Gasteiger partial charge in [0, 0.05) is 12.8 Å². The minimum Gasteiger partial charge on any atom is -0.387 e. The van der Waals surface area contributed by atoms with Crippen molar-refractivity contribution in [2.75, 3.05) is 6.61 Å². The number of rotatable bonds is 4. The van der Waals surface area contributed by atoms with Gasteiger partial charge in [0.15, 0.2) is 12.1 Å². The molecule has 7 nitrogen and oxygen atoms in total. The van der Waals surface area contributed by atoms with E-state index in [2.05, 4.69) is 0 Å². The Kier molecular flexibility index (Phi) is 4.38. The van der Waals surface area contributed by atoms with Crippen molar-refractivity contribution in [1.29, 1.82) is 0 Å². The van der Waals surface area contributed by atoms with Gasteiger partial charge in [-0.3, -0.25) is 4.18 Å². The highest BCUT2D eigenvalue weighted by Gasteiger charge is 2.58. The zero-order valence-electron chi connectivity index (χ0n) is 14.0. The second-order valence-corrected chi connectivity index (χ2v) is 8.52. The fraction of sp³-hybridized carbons (Fsp3) is 0.647. The maximum absolute atomic E-state index is 12.2. The maximum Gasteiger partial charge on any atom is 0.297 e. The summed E-state index contributed by atoms with van der Waals surface area (Å²) in [4.78, 5) is 0.0724. The number of benzene rings is 1. The number of fused-ring (bicyclic) bond motifs is 1. The van der Waals surface area contributed by atoms with Crippen LogP contribution >= 0.6 is 0 Å². The first-order valence-corrected chi connectivity index (χ1v) is 9.95. The van der Waals surface area contributed by atoms with Gasteiger partial charge < -0.3 is 19.3 Å². The number of aryl methyl sites for hydroxylation is 1. The molecule has 25 heavy (non-hydrogen) atoms. The van der Waals surface area contributed by atoms with Gasteiger partial charge in [-0.2, -0.15) is 8.42 Å². The molecule has 0 bridgehead atoms. The molecular weight excluding hydrogens is 348 g/mol. The first-order valence-electron chi connectivity index (χ1n) is 8.54. The van der Waals surface area contributed by atoms with E-state index >= 15 is 0 Å². The predicted molar refractivity (Wildman–Crippen MR) is 86.1 cm³/mol. The molecule has 2 aliphatic heterocycles. The van der Waals surface area contributed by atoms with Crippen molar-refractivity contribution in [3.63, 3.8) is 0 Å². The highest BCUT2D eigenvalue weighted by molar-refractivity contribution is 7.86. The molecule has 1 aliphatic carbocycles. The van der Waals surface area contributed by atoms with Crippen LogP contribution in [0.2, 0.25) is 0 Å². The van der Waals surface area contributed by atoms with E-state index in [-0.39, 0.29) is 11.5 Å². The Balaban J connectivity index is 1.38. The Hall–Kier alpha value is -1.03. The zero-order chi connectivity index (χ0) is 17.7. The van der Waals surface area contributed by atoms with Gasteiger partial charge in [-0.1, -0.05) is 17.7 Å². The van der Waals surface area contributed by atoms with E-state index in [1.54, 1.807) is 12.1 Å². The van der Waals surface area contributed by atoms with Gasteiger partial charge in [-0.15, -0.1) is 0 Å². The van der Waals surface area contributed by atoms with Gasteiger partial charge >= 0.3 is 0 Å². The van der Waals surface area contributed by atoms with Crippen LogP contribution in [-0.4, -0.2) is 50.5 Å². The summed E-state index contributed by atoms with van der Waals surface area (Å²) < 4.78 is 46.9. The zero-order valence-corrected chi connectivity index (χ0v) is 14.8. The van der Waals surface area contributed by atoms with Crippen molar-refractivity contribution in [2.24, 2.45) is 0 Å². The molecule has 4 atom stereocenters. The molecule has 1 aromatic carbocycles. The van der Waals surface area contributed by atoms with E-state index in [0.717, 1.165) is 31.2 Å². The summed E-state index contributed by atoms with van der Waals surface area (Å²) in [5.74, 6) is -0.643. The second-order valence-electron chi connectivity index (χ2n) is 6.90. The van der Waals surface area contributed by atoms with E-state index in [1.165, 1.54) is 12.1 Å². The lowest BCUT2D eigenvalue weighted by Gasteiger charge is -2.25. The Morgan fingerprint density at radius 2 is 1.88 bits per heavy atom. The molecule has 3 aliphatic rings. The summed E-state index contributed by atoms with van der Waals surface area (Å²) >= 11 is 0. The molecule has 4 rings (SSSR count). The first kappa shape index (κ1) is 17.4. The number of hydrogen-bond acceptors (Lipinski definition) is 7. The molecule has 0 aromatic heterocycles. The van der Waals surface area contributed by atoms with E-state index in [4.69, 9.17) is 18.4 Å². The van der Waals surface area contributed by atoms with Crippen molar-refractivity contribution >= 4 is 10.1 Å². The standard InChI is InChI=1S/C17H22O7S/c1-11-4-6-12(7-5-11)25(19,20)21-10-13-14(18)15-16(22-13)24-17(23-15)8-2-3-9-17/h4-7,13-16,18H,2-3,8-10H2,1H3/t13-,14?,15?,16?/m0/s1. The van der Waals surface area contributed by atoms with Crippen molar-refractivity contribution in [3.8, 4) is 0 Å². The quantitative estimate of drug-likeness (QED) is 0.803. The molecule has 1 spiro atoms. The minimum absolute atomic E-state index is 0.0724. The van der Waals surface area contributed by atoms with Crippen molar-refractivity contribution in [2.45, 2.75) is 67.9 Å². The third-order valence-corrected chi connectivity index (χ3v) is 6.33. The topological polar surface area (TPSA) is 91.3 Å². The van der Waals surface area contributed by atoms with Gasteiger partial charge in [0.25, 0.3) is 10.1 Å². The summed E-state index contributed by atoms with van der Waals surface area (Å²) in [5, 5.41) is 10.4. The Morgan fingerprint density at radius 3 is 2.52 bits per heavy atom. The Labute approximate surface area is 147 Å². The highest BCUT2D eigenvalue weighted by Crippen LogP contribution is 2.46. The summed E-state index contributed by atoms with van der Waals surface area (Å²) in [6.45, 7) is 1.58. The van der Waals surface area contributed by atoms with E-state index < -0.39 is 40.5 Å². The highest BCUT2D eigenvalue weighted by atomic mass is 32.2. The van der Waals surface area contributed by atoms with Gasteiger partial charge in [-0.05, 0) is 31.9 Å². The molecule has 1 N–H and O–H groups in total. The molecule has 138 valence electrons. The van der Waals surface area contributed by atoms with Crippen molar-refractivity contribution < 1.29 is 31.9 Å². The van der Waals surface area contributed by atoms with Crippen LogP contribution in [0.4, 0.5) is 0 Å². The maximum atomic E-state index is 12.2. The number of hydrogen-bond donors (Lipinski definition) is 1. The molecule has 0 amide bonds. The van der Waals surface area contributed by atoms with E-state index in [9.17, 15) is 13.5 Å². The molecule has 0 radical (unpaired) electrons. The molecule has 3 unspecified atom stereocenters. The van der Waals surface area contributed by atoms with Gasteiger partial charge in [-0.25, -0.2) is 0 Å². The van der Waals surface area contributed by atoms with Crippen molar-refractivity contribution in [1.82, 2.24) is 0 Å². The minimum atomic E-state index is -3.91. The van der Waals surface area contributed by atoms with Crippen LogP contribution in [0.15, 0.2) is 29.2 Å². The molecule has 3 fully saturated rings. The summed E-state index contributed by atoms with van der Waals surface area (Å²) in [6, 6.07) is 6.37. The molecule has 2 saturated heterocycles. The molecule has 2 heterocycles. The van der Waals surface area contributed by atoms with Crippen LogP contribution in [0.3, 0.4) is 0 Å². The number of ether oxygens (including phenoxy) is 3. The Bertz CT molecular complexity index is 724. The lowest BCUT2D eigenvalue weighted by molar-refractivity contribution is -0.231. The monoisotopic (exact) mass is 370 g/mol. The fourth-order valence-corrected chi connectivity index (χ4v) is 4.55. The van der Waals surface area contributed by atoms with E-state index in [1.807, 2.05) is 6.92 Å². The molecule has 8 heteroatoms. The molecule has 1 saturated carbocycles. The van der Waals surface area contributed by atoms with Gasteiger partial charge in [0.1, 0.15) is 18.3 Å². The summed E-state index contributed by atoms with van der Waals surface area (Å²) in [7, 11) is -3.91. The van der Waals surface area contributed by atoms with Crippen LogP contribution in [0, 0.1) is 6.92 Å². The van der Waals surface area contributed by atoms with Crippen molar-refractivity contribution in [3.05, 3.63) is 29.8 Å². The van der Waals surface area contributed by atoms with Crippen LogP contribution < -0.4 is 0 Å². The lowest BCUT2D eigenvalue weighted by Crippen LogP contribution is -2.38. The SMILES string of the molecule is Cc1ccc(S(=O)(=O)OC[C@@H]2OC3OC4(CCCC4)OC3C2O)cc1. The molecule has 1 aromatic rings. The Morgan fingerprint density at radius 1 is 1.20 bits per heavy atom. The van der Waals surface area contributed by atoms with Crippen LogP contribution in [-0.2, 0) is 28.5 Å². The third kappa shape index (κ3) is 3.22. The molecular formula is C17H22O7S. The number of aliphatic hydroxyl groups excluding tert-OH is 1. The largest absolute Gasteiger partial charge is 0.387 e. The average Bonchev–Trinajstić information content (AvgIpc) is 3.25. The van der Waals surface area contributed by atoms with Gasteiger partial charge in [0.2, 0.25) is 0 Å². The average molecular weight is 370 g/mol. The number of aliphatic hydroxyl groups is 1. The van der Waals surface area contributed by atoms with Crippen LogP contribution in [0.1, 0.15) is 31.2 Å². The predicted octanol–water partition coefficient (Wildman–Crippen LogP) is 1.47. The third-order valence-electron chi connectivity index (χ3n) is 5.04. The lowest BCUT2D eigenvalue weighted by atomic mass is 10.1. The summed E-state index contributed by atoms with van der Waals surface area (Å²) in [6.07, 6.45) is 0.552. The smallest absolute Gasteiger partial charge is 0.297 e. The first-order chi connectivity index (χ1) is 11.9. The van der Waals surface area contributed by atoms with Gasteiger partial charge in [0.05, 0.1) is 11.5 Å².